The summed E-state index contributed by atoms with van der Waals surface area (Å²) in [6.07, 6.45) is 5.48. The van der Waals surface area contributed by atoms with E-state index in [0.29, 0.717) is 18.0 Å². The SMILES string of the molecule is CCOc1cc2c(cc1NC(=O)[C@@H]1C[C@H]1c1cccnc1)O[C@H](C)C2. The Morgan fingerprint density at radius 1 is 1.44 bits per heavy atom. The molecule has 2 heterocycles. The van der Waals surface area contributed by atoms with E-state index in [0.717, 1.165) is 29.7 Å². The van der Waals surface area contributed by atoms with Crippen molar-refractivity contribution in [2.24, 2.45) is 5.92 Å². The molecule has 2 aromatic rings. The number of hydrogen-bond acceptors (Lipinski definition) is 4. The topological polar surface area (TPSA) is 60.5 Å². The second-order valence-corrected chi connectivity index (χ2v) is 6.75. The number of nitrogens with zero attached hydrogens (tertiary/aromatic N) is 1. The van der Waals surface area contributed by atoms with Gasteiger partial charge in [-0.3, -0.25) is 9.78 Å². The van der Waals surface area contributed by atoms with Crippen LogP contribution in [0.4, 0.5) is 5.69 Å². The number of ether oxygens (including phenoxy) is 2. The molecule has 130 valence electrons. The van der Waals surface area contributed by atoms with Gasteiger partial charge in [-0.25, -0.2) is 0 Å². The third-order valence-corrected chi connectivity index (χ3v) is 4.80. The van der Waals surface area contributed by atoms with Gasteiger partial charge in [0.15, 0.2) is 0 Å². The highest BCUT2D eigenvalue weighted by molar-refractivity contribution is 5.96. The summed E-state index contributed by atoms with van der Waals surface area (Å²) in [7, 11) is 0. The number of carbonyl (C=O) groups is 1. The van der Waals surface area contributed by atoms with Gasteiger partial charge in [0.2, 0.25) is 5.91 Å². The number of benzene rings is 1. The maximum Gasteiger partial charge on any atom is 0.228 e. The van der Waals surface area contributed by atoms with Crippen molar-refractivity contribution in [3.63, 3.8) is 0 Å². The number of anilines is 1. The van der Waals surface area contributed by atoms with E-state index in [2.05, 4.69) is 10.3 Å². The van der Waals surface area contributed by atoms with E-state index < -0.39 is 0 Å². The average Bonchev–Trinajstić information content (AvgIpc) is 3.33. The number of aromatic nitrogens is 1. The van der Waals surface area contributed by atoms with Crippen molar-refractivity contribution in [1.29, 1.82) is 0 Å². The molecular weight excluding hydrogens is 316 g/mol. The maximum absolute atomic E-state index is 12.7. The summed E-state index contributed by atoms with van der Waals surface area (Å²) in [6.45, 7) is 4.54. The van der Waals surface area contributed by atoms with Crippen LogP contribution in [-0.4, -0.2) is 23.6 Å². The standard InChI is InChI=1S/C20H22N2O3/c1-3-24-19-8-14-7-12(2)25-18(14)10-17(19)22-20(23)16-9-15(16)13-5-4-6-21-11-13/h4-6,8,10-12,15-16H,3,7,9H2,1-2H3,(H,22,23)/t12-,15+,16-/m1/s1. The number of amides is 1. The molecule has 0 radical (unpaired) electrons. The van der Waals surface area contributed by atoms with Crippen LogP contribution in [0.25, 0.3) is 0 Å². The lowest BCUT2D eigenvalue weighted by molar-refractivity contribution is -0.117. The molecular formula is C20H22N2O3. The van der Waals surface area contributed by atoms with E-state index in [1.54, 1.807) is 6.20 Å². The fourth-order valence-corrected chi connectivity index (χ4v) is 3.49. The summed E-state index contributed by atoms with van der Waals surface area (Å²) in [4.78, 5) is 16.8. The van der Waals surface area contributed by atoms with Gasteiger partial charge in [0.05, 0.1) is 12.3 Å². The summed E-state index contributed by atoms with van der Waals surface area (Å²) in [5, 5.41) is 3.04. The van der Waals surface area contributed by atoms with Crippen molar-refractivity contribution in [2.75, 3.05) is 11.9 Å². The molecule has 5 heteroatoms. The fraction of sp³-hybridized carbons (Fsp3) is 0.400. The van der Waals surface area contributed by atoms with E-state index in [1.807, 2.05) is 44.3 Å². The minimum atomic E-state index is -0.00762. The van der Waals surface area contributed by atoms with E-state index in [-0.39, 0.29) is 23.8 Å². The molecule has 5 nitrogen and oxygen atoms in total. The van der Waals surface area contributed by atoms with Gasteiger partial charge in [0.25, 0.3) is 0 Å². The molecule has 0 bridgehead atoms. The monoisotopic (exact) mass is 338 g/mol. The van der Waals surface area contributed by atoms with Crippen LogP contribution in [0.3, 0.4) is 0 Å². The number of carbonyl (C=O) groups excluding carboxylic acids is 1. The third-order valence-electron chi connectivity index (χ3n) is 4.80. The second kappa shape index (κ2) is 6.39. The molecule has 1 amide bonds. The van der Waals surface area contributed by atoms with E-state index in [4.69, 9.17) is 9.47 Å². The first kappa shape index (κ1) is 15.9. The van der Waals surface area contributed by atoms with Gasteiger partial charge in [0.1, 0.15) is 17.6 Å². The molecule has 1 aromatic heterocycles. The van der Waals surface area contributed by atoms with Gasteiger partial charge in [-0.05, 0) is 43.9 Å². The molecule has 1 aromatic carbocycles. The van der Waals surface area contributed by atoms with E-state index in [1.165, 1.54) is 0 Å². The minimum Gasteiger partial charge on any atom is -0.492 e. The summed E-state index contributed by atoms with van der Waals surface area (Å²) >= 11 is 0. The first-order chi connectivity index (χ1) is 12.2. The van der Waals surface area contributed by atoms with Gasteiger partial charge in [0, 0.05) is 36.4 Å². The predicted molar refractivity (Wildman–Crippen MR) is 95.1 cm³/mol. The number of hydrogen-bond donors (Lipinski definition) is 1. The van der Waals surface area contributed by atoms with Gasteiger partial charge in [-0.2, -0.15) is 0 Å². The lowest BCUT2D eigenvalue weighted by atomic mass is 10.1. The molecule has 1 aliphatic carbocycles. The highest BCUT2D eigenvalue weighted by Crippen LogP contribution is 2.48. The molecule has 0 saturated heterocycles. The Morgan fingerprint density at radius 2 is 2.32 bits per heavy atom. The average molecular weight is 338 g/mol. The lowest BCUT2D eigenvalue weighted by Crippen LogP contribution is -2.15. The summed E-state index contributed by atoms with van der Waals surface area (Å²) < 4.78 is 11.5. The largest absolute Gasteiger partial charge is 0.492 e. The summed E-state index contributed by atoms with van der Waals surface area (Å²) in [6, 6.07) is 7.82. The molecule has 1 saturated carbocycles. The van der Waals surface area contributed by atoms with E-state index in [9.17, 15) is 4.79 Å². The maximum atomic E-state index is 12.7. The number of fused-ring (bicyclic) bond motifs is 1. The van der Waals surface area contributed by atoms with Crippen molar-refractivity contribution in [3.05, 3.63) is 47.8 Å². The Bertz CT molecular complexity index is 791. The molecule has 3 atom stereocenters. The zero-order valence-electron chi connectivity index (χ0n) is 14.5. The van der Waals surface area contributed by atoms with Gasteiger partial charge in [-0.15, -0.1) is 0 Å². The quantitative estimate of drug-likeness (QED) is 0.906. The molecule has 0 spiro atoms. The normalized spacial score (nSPS) is 23.5. The minimum absolute atomic E-state index is 0.00762. The molecule has 4 rings (SSSR count). The summed E-state index contributed by atoms with van der Waals surface area (Å²) in [5.74, 6) is 1.83. The lowest BCUT2D eigenvalue weighted by Gasteiger charge is -2.13. The van der Waals surface area contributed by atoms with Crippen LogP contribution in [0.15, 0.2) is 36.7 Å². The Hall–Kier alpha value is -2.56. The van der Waals surface area contributed by atoms with Crippen LogP contribution in [0.5, 0.6) is 11.5 Å². The molecule has 0 unspecified atom stereocenters. The first-order valence-corrected chi connectivity index (χ1v) is 8.83. The number of rotatable bonds is 5. The Balaban J connectivity index is 1.51. The van der Waals surface area contributed by atoms with Crippen LogP contribution in [0, 0.1) is 5.92 Å². The van der Waals surface area contributed by atoms with Crippen LogP contribution in [0.1, 0.15) is 37.3 Å². The molecule has 25 heavy (non-hydrogen) atoms. The van der Waals surface area contributed by atoms with Crippen molar-refractivity contribution < 1.29 is 14.3 Å². The van der Waals surface area contributed by atoms with Crippen molar-refractivity contribution >= 4 is 11.6 Å². The molecule has 2 aliphatic rings. The van der Waals surface area contributed by atoms with Crippen LogP contribution < -0.4 is 14.8 Å². The van der Waals surface area contributed by atoms with Gasteiger partial charge < -0.3 is 14.8 Å². The fourth-order valence-electron chi connectivity index (χ4n) is 3.49. The van der Waals surface area contributed by atoms with Crippen LogP contribution in [0.2, 0.25) is 0 Å². The van der Waals surface area contributed by atoms with Crippen molar-refractivity contribution in [2.45, 2.75) is 38.7 Å². The smallest absolute Gasteiger partial charge is 0.228 e. The zero-order valence-corrected chi connectivity index (χ0v) is 14.5. The number of pyridine rings is 1. The first-order valence-electron chi connectivity index (χ1n) is 8.83. The van der Waals surface area contributed by atoms with Crippen molar-refractivity contribution in [1.82, 2.24) is 4.98 Å². The van der Waals surface area contributed by atoms with Crippen molar-refractivity contribution in [3.8, 4) is 11.5 Å². The van der Waals surface area contributed by atoms with Gasteiger partial charge in [-0.1, -0.05) is 6.07 Å². The third kappa shape index (κ3) is 3.18. The second-order valence-electron chi connectivity index (χ2n) is 6.75. The Kier molecular flexibility index (Phi) is 4.07. The molecule has 1 aliphatic heterocycles. The molecule has 1 N–H and O–H groups in total. The highest BCUT2D eigenvalue weighted by atomic mass is 16.5. The highest BCUT2D eigenvalue weighted by Gasteiger charge is 2.44. The number of nitrogens with one attached hydrogen (secondary N) is 1. The Morgan fingerprint density at radius 3 is 3.08 bits per heavy atom. The zero-order chi connectivity index (χ0) is 17.4. The van der Waals surface area contributed by atoms with Crippen LogP contribution in [-0.2, 0) is 11.2 Å². The van der Waals surface area contributed by atoms with Crippen LogP contribution >= 0.6 is 0 Å². The predicted octanol–water partition coefficient (Wildman–Crippen LogP) is 3.55. The Labute approximate surface area is 147 Å². The van der Waals surface area contributed by atoms with Gasteiger partial charge >= 0.3 is 0 Å². The van der Waals surface area contributed by atoms with E-state index >= 15 is 0 Å². The summed E-state index contributed by atoms with van der Waals surface area (Å²) in [5.41, 5.74) is 2.95. The molecule has 1 fully saturated rings.